The van der Waals surface area contributed by atoms with Crippen LogP contribution in [0.3, 0.4) is 0 Å². The van der Waals surface area contributed by atoms with Crippen LogP contribution in [0.2, 0.25) is 0 Å². The van der Waals surface area contributed by atoms with Crippen LogP contribution in [-0.2, 0) is 6.54 Å². The Kier molecular flexibility index (Phi) is 4.95. The highest BCUT2D eigenvalue weighted by atomic mass is 32.2. The van der Waals surface area contributed by atoms with Crippen molar-refractivity contribution in [3.63, 3.8) is 0 Å². The van der Waals surface area contributed by atoms with Gasteiger partial charge in [0.25, 0.3) is 0 Å². The Morgan fingerprint density at radius 2 is 2.11 bits per heavy atom. The molecule has 0 aromatic heterocycles. The molecule has 1 saturated heterocycles. The zero-order valence-electron chi connectivity index (χ0n) is 11.6. The molecule has 2 rings (SSSR count). The first-order valence-electron chi connectivity index (χ1n) is 6.91. The van der Waals surface area contributed by atoms with E-state index in [-0.39, 0.29) is 0 Å². The molecule has 18 heavy (non-hydrogen) atoms. The number of hydrogen-bond donors (Lipinski definition) is 1. The molecule has 2 nitrogen and oxygen atoms in total. The van der Waals surface area contributed by atoms with Crippen molar-refractivity contribution in [1.82, 2.24) is 5.32 Å². The van der Waals surface area contributed by atoms with Gasteiger partial charge in [0.1, 0.15) is 0 Å². The number of anilines is 1. The second kappa shape index (κ2) is 6.48. The molecular weight excluding hydrogens is 240 g/mol. The smallest absolute Gasteiger partial charge is 0.0414 e. The normalized spacial score (nSPS) is 24.3. The fourth-order valence-corrected chi connectivity index (χ4v) is 3.57. The Hall–Kier alpha value is -0.670. The predicted octanol–water partition coefficient (Wildman–Crippen LogP) is 3.13. The number of thioether (sulfide) groups is 1. The van der Waals surface area contributed by atoms with Gasteiger partial charge in [-0.05, 0) is 25.1 Å². The molecule has 1 aromatic rings. The van der Waals surface area contributed by atoms with E-state index in [0.717, 1.165) is 13.1 Å². The van der Waals surface area contributed by atoms with Crippen LogP contribution in [0.1, 0.15) is 26.3 Å². The second-order valence-electron chi connectivity index (χ2n) is 4.92. The topological polar surface area (TPSA) is 15.3 Å². The summed E-state index contributed by atoms with van der Waals surface area (Å²) in [5.74, 6) is 1.24. The Labute approximate surface area is 115 Å². The van der Waals surface area contributed by atoms with E-state index in [4.69, 9.17) is 0 Å². The quantitative estimate of drug-likeness (QED) is 0.899. The standard InChI is InChI=1S/C15H24N2S/c1-4-16-11-14-7-5-6-8-15(14)17-9-10-18-13(3)12(17)2/h5-8,12-13,16H,4,9-11H2,1-3H3. The van der Waals surface area contributed by atoms with Crippen molar-refractivity contribution in [2.45, 2.75) is 38.6 Å². The monoisotopic (exact) mass is 264 g/mol. The van der Waals surface area contributed by atoms with Crippen molar-refractivity contribution in [3.8, 4) is 0 Å². The van der Waals surface area contributed by atoms with E-state index < -0.39 is 0 Å². The van der Waals surface area contributed by atoms with Crippen molar-refractivity contribution in [1.29, 1.82) is 0 Å². The first kappa shape index (κ1) is 13.8. The highest BCUT2D eigenvalue weighted by molar-refractivity contribution is 8.00. The number of hydrogen-bond acceptors (Lipinski definition) is 3. The Bertz CT molecular complexity index is 381. The molecule has 0 amide bonds. The van der Waals surface area contributed by atoms with Gasteiger partial charge in [-0.25, -0.2) is 0 Å². The fraction of sp³-hybridized carbons (Fsp3) is 0.600. The number of para-hydroxylation sites is 1. The summed E-state index contributed by atoms with van der Waals surface area (Å²) in [6.07, 6.45) is 0. The van der Waals surface area contributed by atoms with E-state index in [2.05, 4.69) is 67.0 Å². The van der Waals surface area contributed by atoms with Gasteiger partial charge in [0.05, 0.1) is 0 Å². The van der Waals surface area contributed by atoms with Gasteiger partial charge in [0.15, 0.2) is 0 Å². The maximum absolute atomic E-state index is 3.44. The third-order valence-corrected chi connectivity index (χ3v) is 5.09. The first-order chi connectivity index (χ1) is 8.74. The van der Waals surface area contributed by atoms with Crippen LogP contribution in [0.4, 0.5) is 5.69 Å². The minimum atomic E-state index is 0.617. The lowest BCUT2D eigenvalue weighted by molar-refractivity contribution is 0.621. The second-order valence-corrected chi connectivity index (χ2v) is 6.40. The maximum Gasteiger partial charge on any atom is 0.0414 e. The third kappa shape index (κ3) is 3.01. The molecule has 100 valence electrons. The highest BCUT2D eigenvalue weighted by Gasteiger charge is 2.26. The molecule has 0 spiro atoms. The van der Waals surface area contributed by atoms with Crippen LogP contribution in [0.25, 0.3) is 0 Å². The van der Waals surface area contributed by atoms with Crippen molar-refractivity contribution < 1.29 is 0 Å². The first-order valence-corrected chi connectivity index (χ1v) is 7.95. The summed E-state index contributed by atoms with van der Waals surface area (Å²) in [4.78, 5) is 2.58. The van der Waals surface area contributed by atoms with Crippen LogP contribution in [0.15, 0.2) is 24.3 Å². The lowest BCUT2D eigenvalue weighted by Crippen LogP contribution is -2.45. The molecule has 0 saturated carbocycles. The lowest BCUT2D eigenvalue weighted by Gasteiger charge is -2.40. The molecule has 1 N–H and O–H groups in total. The summed E-state index contributed by atoms with van der Waals surface area (Å²) in [5.41, 5.74) is 2.84. The maximum atomic E-state index is 3.44. The van der Waals surface area contributed by atoms with Gasteiger partial charge in [-0.2, -0.15) is 11.8 Å². The van der Waals surface area contributed by atoms with Crippen LogP contribution in [0.5, 0.6) is 0 Å². The van der Waals surface area contributed by atoms with Crippen molar-refractivity contribution >= 4 is 17.4 Å². The molecule has 1 fully saturated rings. The molecule has 0 radical (unpaired) electrons. The SMILES string of the molecule is CCNCc1ccccc1N1CCSC(C)C1C. The van der Waals surface area contributed by atoms with E-state index in [1.807, 2.05) is 0 Å². The van der Waals surface area contributed by atoms with Gasteiger partial charge in [-0.15, -0.1) is 0 Å². The van der Waals surface area contributed by atoms with E-state index >= 15 is 0 Å². The molecule has 0 bridgehead atoms. The van der Waals surface area contributed by atoms with Crippen LogP contribution < -0.4 is 10.2 Å². The lowest BCUT2D eigenvalue weighted by atomic mass is 10.1. The van der Waals surface area contributed by atoms with Crippen molar-refractivity contribution in [3.05, 3.63) is 29.8 Å². The average Bonchev–Trinajstić information content (AvgIpc) is 2.40. The summed E-state index contributed by atoms with van der Waals surface area (Å²) in [6, 6.07) is 9.43. The zero-order chi connectivity index (χ0) is 13.0. The summed E-state index contributed by atoms with van der Waals surface area (Å²) in [7, 11) is 0. The summed E-state index contributed by atoms with van der Waals surface area (Å²) in [5, 5.41) is 4.15. The zero-order valence-corrected chi connectivity index (χ0v) is 12.5. The summed E-state index contributed by atoms with van der Waals surface area (Å²) < 4.78 is 0. The van der Waals surface area contributed by atoms with E-state index in [1.165, 1.54) is 23.5 Å². The highest BCUT2D eigenvalue weighted by Crippen LogP contribution is 2.31. The third-order valence-electron chi connectivity index (χ3n) is 3.75. The molecule has 1 aliphatic rings. The van der Waals surface area contributed by atoms with Crippen LogP contribution >= 0.6 is 11.8 Å². The number of rotatable bonds is 4. The summed E-state index contributed by atoms with van der Waals surface area (Å²) >= 11 is 2.09. The largest absolute Gasteiger partial charge is 0.367 e. The van der Waals surface area contributed by atoms with Gasteiger partial charge in [-0.3, -0.25) is 0 Å². The Morgan fingerprint density at radius 3 is 2.89 bits per heavy atom. The van der Waals surface area contributed by atoms with E-state index in [9.17, 15) is 0 Å². The Morgan fingerprint density at radius 1 is 1.33 bits per heavy atom. The molecule has 2 unspecified atom stereocenters. The minimum Gasteiger partial charge on any atom is -0.367 e. The molecule has 1 aromatic carbocycles. The van der Waals surface area contributed by atoms with Crippen molar-refractivity contribution in [2.24, 2.45) is 0 Å². The van der Waals surface area contributed by atoms with Crippen LogP contribution in [-0.4, -0.2) is 30.1 Å². The van der Waals surface area contributed by atoms with Gasteiger partial charge in [0.2, 0.25) is 0 Å². The van der Waals surface area contributed by atoms with Gasteiger partial charge in [0, 0.05) is 35.8 Å². The number of nitrogens with one attached hydrogen (secondary N) is 1. The molecule has 1 aliphatic heterocycles. The Balaban J connectivity index is 2.20. The van der Waals surface area contributed by atoms with Crippen molar-refractivity contribution in [2.75, 3.05) is 23.7 Å². The molecule has 0 aliphatic carbocycles. The number of nitrogens with zero attached hydrogens (tertiary/aromatic N) is 1. The molecule has 2 atom stereocenters. The van der Waals surface area contributed by atoms with Crippen LogP contribution in [0, 0.1) is 0 Å². The van der Waals surface area contributed by atoms with Gasteiger partial charge in [-0.1, -0.05) is 32.0 Å². The van der Waals surface area contributed by atoms with E-state index in [0.29, 0.717) is 11.3 Å². The number of benzene rings is 1. The summed E-state index contributed by atoms with van der Waals surface area (Å²) in [6.45, 7) is 10.0. The average molecular weight is 264 g/mol. The molecule has 3 heteroatoms. The minimum absolute atomic E-state index is 0.617. The molecular formula is C15H24N2S. The van der Waals surface area contributed by atoms with Gasteiger partial charge < -0.3 is 10.2 Å². The predicted molar refractivity (Wildman–Crippen MR) is 82.6 cm³/mol. The van der Waals surface area contributed by atoms with E-state index in [1.54, 1.807) is 0 Å². The fourth-order valence-electron chi connectivity index (χ4n) is 2.47. The molecule has 1 heterocycles. The van der Waals surface area contributed by atoms with Gasteiger partial charge >= 0.3 is 0 Å².